The monoisotopic (exact) mass is 554 g/mol. The molecule has 5 rings (SSSR count). The highest BCUT2D eigenvalue weighted by molar-refractivity contribution is 7.87. The Labute approximate surface area is 217 Å². The summed E-state index contributed by atoms with van der Waals surface area (Å²) in [6.45, 7) is 3.85. The molecule has 0 aliphatic carbocycles. The van der Waals surface area contributed by atoms with E-state index in [0.717, 1.165) is 39.0 Å². The normalized spacial score (nSPS) is 18.9. The Morgan fingerprint density at radius 3 is 2.60 bits per heavy atom. The largest absolute Gasteiger partial charge is 0.379 e. The van der Waals surface area contributed by atoms with Crippen LogP contribution in [0.25, 0.3) is 10.2 Å². The highest BCUT2D eigenvalue weighted by Crippen LogP contribution is 2.34. The van der Waals surface area contributed by atoms with Gasteiger partial charge in [-0.1, -0.05) is 40.6 Å². The molecule has 1 aromatic heterocycles. The number of anilines is 1. The van der Waals surface area contributed by atoms with Gasteiger partial charge in [0.1, 0.15) is 10.6 Å². The highest BCUT2D eigenvalue weighted by atomic mass is 35.5. The van der Waals surface area contributed by atoms with Crippen LogP contribution in [0.3, 0.4) is 0 Å². The summed E-state index contributed by atoms with van der Waals surface area (Å²) in [4.78, 5) is 21.5. The van der Waals surface area contributed by atoms with Gasteiger partial charge in [-0.05, 0) is 63.0 Å². The lowest BCUT2D eigenvalue weighted by molar-refractivity contribution is 0.186. The fourth-order valence-electron chi connectivity index (χ4n) is 4.62. The number of halogens is 2. The molecule has 0 radical (unpaired) electrons. The Morgan fingerprint density at radius 2 is 1.86 bits per heavy atom. The van der Waals surface area contributed by atoms with Gasteiger partial charge in [0.2, 0.25) is 0 Å². The van der Waals surface area contributed by atoms with E-state index in [4.69, 9.17) is 27.4 Å². The van der Waals surface area contributed by atoms with Crippen LogP contribution in [0.5, 0.6) is 5.75 Å². The van der Waals surface area contributed by atoms with E-state index in [1.165, 1.54) is 42.4 Å². The lowest BCUT2D eigenvalue weighted by Gasteiger charge is -2.28. The molecule has 2 aliphatic heterocycles. The smallest absolute Gasteiger partial charge is 0.342 e. The molecule has 2 aromatic carbocycles. The van der Waals surface area contributed by atoms with Crippen molar-refractivity contribution < 1.29 is 17.4 Å². The van der Waals surface area contributed by atoms with Crippen molar-refractivity contribution in [3.8, 4) is 5.75 Å². The molecule has 3 heterocycles. The Hall–Kier alpha value is -2.11. The molecule has 35 heavy (non-hydrogen) atoms. The van der Waals surface area contributed by atoms with E-state index in [1.807, 2.05) is 4.90 Å². The SMILES string of the molecule is O=C(Nc1nc2ccc(OS(=O)(=O)c3c(Cl)cccc3Cl)cc2s1)N1CCC[C@@H]1CN1CCCC1. The van der Waals surface area contributed by atoms with Crippen LogP contribution in [0.2, 0.25) is 10.0 Å². The van der Waals surface area contributed by atoms with Crippen molar-refractivity contribution in [2.45, 2.75) is 36.6 Å². The average Bonchev–Trinajstić information content (AvgIpc) is 3.54. The van der Waals surface area contributed by atoms with Crippen molar-refractivity contribution in [3.05, 3.63) is 46.4 Å². The Bertz CT molecular complexity index is 1340. The summed E-state index contributed by atoms with van der Waals surface area (Å²) >= 11 is 13.3. The topological polar surface area (TPSA) is 91.8 Å². The van der Waals surface area contributed by atoms with Gasteiger partial charge in [-0.15, -0.1) is 0 Å². The van der Waals surface area contributed by atoms with Crippen LogP contribution >= 0.6 is 34.5 Å². The quantitative estimate of drug-likeness (QED) is 0.406. The Balaban J connectivity index is 1.29. The third-order valence-corrected chi connectivity index (χ3v) is 9.39. The number of carbonyl (C=O) groups excluding carboxylic acids is 1. The van der Waals surface area contributed by atoms with Crippen LogP contribution in [0.15, 0.2) is 41.3 Å². The van der Waals surface area contributed by atoms with Gasteiger partial charge >= 0.3 is 16.1 Å². The number of benzene rings is 2. The fourth-order valence-corrected chi connectivity index (χ4v) is 7.52. The summed E-state index contributed by atoms with van der Waals surface area (Å²) in [6, 6.07) is 9.19. The molecule has 3 aromatic rings. The van der Waals surface area contributed by atoms with Gasteiger partial charge in [-0.2, -0.15) is 8.42 Å². The van der Waals surface area contributed by atoms with Crippen molar-refractivity contribution in [2.24, 2.45) is 0 Å². The van der Waals surface area contributed by atoms with E-state index in [-0.39, 0.29) is 32.8 Å². The zero-order valence-corrected chi connectivity index (χ0v) is 21.9. The number of nitrogens with one attached hydrogen (secondary N) is 1. The van der Waals surface area contributed by atoms with E-state index in [1.54, 1.807) is 18.2 Å². The summed E-state index contributed by atoms with van der Waals surface area (Å²) in [6.07, 6.45) is 4.46. The van der Waals surface area contributed by atoms with Crippen molar-refractivity contribution in [1.29, 1.82) is 0 Å². The van der Waals surface area contributed by atoms with E-state index < -0.39 is 10.1 Å². The molecule has 12 heteroatoms. The minimum absolute atomic E-state index is 0.0219. The van der Waals surface area contributed by atoms with Crippen molar-refractivity contribution in [1.82, 2.24) is 14.8 Å². The number of hydrogen-bond acceptors (Lipinski definition) is 7. The maximum Gasteiger partial charge on any atom is 0.342 e. The zero-order chi connectivity index (χ0) is 24.6. The predicted octanol–water partition coefficient (Wildman–Crippen LogP) is 5.46. The number of hydrogen-bond donors (Lipinski definition) is 1. The zero-order valence-electron chi connectivity index (χ0n) is 18.7. The minimum Gasteiger partial charge on any atom is -0.379 e. The maximum absolute atomic E-state index is 13.0. The molecule has 1 N–H and O–H groups in total. The van der Waals surface area contributed by atoms with Crippen LogP contribution in [-0.2, 0) is 10.1 Å². The summed E-state index contributed by atoms with van der Waals surface area (Å²) in [5.41, 5.74) is 0.626. The highest BCUT2D eigenvalue weighted by Gasteiger charge is 2.31. The van der Waals surface area contributed by atoms with Gasteiger partial charge in [0.05, 0.1) is 20.3 Å². The number of urea groups is 1. The maximum atomic E-state index is 13.0. The van der Waals surface area contributed by atoms with Crippen molar-refractivity contribution in [2.75, 3.05) is 31.5 Å². The summed E-state index contributed by atoms with van der Waals surface area (Å²) in [5.74, 6) is 0.0974. The first kappa shape index (κ1) is 24.6. The first-order valence-corrected chi connectivity index (χ1v) is 14.4. The van der Waals surface area contributed by atoms with Crippen LogP contribution in [0, 0.1) is 0 Å². The van der Waals surface area contributed by atoms with E-state index in [2.05, 4.69) is 15.2 Å². The molecule has 0 spiro atoms. The second-order valence-corrected chi connectivity index (χ2v) is 12.0. The minimum atomic E-state index is -4.24. The first-order valence-electron chi connectivity index (χ1n) is 11.4. The summed E-state index contributed by atoms with van der Waals surface area (Å²) in [5, 5.41) is 3.32. The summed E-state index contributed by atoms with van der Waals surface area (Å²) < 4.78 is 31.5. The van der Waals surface area contributed by atoms with Gasteiger partial charge in [-0.3, -0.25) is 5.32 Å². The average molecular weight is 556 g/mol. The molecular formula is C23H24Cl2N4O4S2. The molecule has 0 bridgehead atoms. The molecule has 8 nitrogen and oxygen atoms in total. The molecule has 2 fully saturated rings. The molecular weight excluding hydrogens is 531 g/mol. The van der Waals surface area contributed by atoms with E-state index >= 15 is 0 Å². The second-order valence-electron chi connectivity index (χ2n) is 8.66. The Kier molecular flexibility index (Phi) is 7.09. The number of thiazole rings is 1. The van der Waals surface area contributed by atoms with Gasteiger partial charge in [0.25, 0.3) is 0 Å². The third-order valence-electron chi connectivity index (χ3n) is 6.25. The number of rotatable bonds is 6. The van der Waals surface area contributed by atoms with E-state index in [0.29, 0.717) is 15.3 Å². The molecule has 186 valence electrons. The standard InChI is InChI=1S/C23H24Cl2N4O4S2/c24-17-6-3-7-18(25)21(17)35(31,32)33-16-8-9-19-20(13-16)34-22(26-19)27-23(30)29-12-4-5-15(29)14-28-10-1-2-11-28/h3,6-9,13,15H,1-2,4-5,10-12,14H2,(H,26,27,30)/t15-/m1/s1. The summed E-state index contributed by atoms with van der Waals surface area (Å²) in [7, 11) is -4.24. The molecule has 2 amide bonds. The van der Waals surface area contributed by atoms with Crippen LogP contribution in [0.4, 0.5) is 9.93 Å². The van der Waals surface area contributed by atoms with Gasteiger partial charge in [0.15, 0.2) is 5.13 Å². The number of fused-ring (bicyclic) bond motifs is 1. The molecule has 2 aliphatic rings. The first-order chi connectivity index (χ1) is 16.8. The molecule has 1 atom stereocenters. The second kappa shape index (κ2) is 10.1. The van der Waals surface area contributed by atoms with Gasteiger partial charge < -0.3 is 14.0 Å². The lowest BCUT2D eigenvalue weighted by atomic mass is 10.2. The number of nitrogens with zero attached hydrogens (tertiary/aromatic N) is 3. The van der Waals surface area contributed by atoms with Crippen molar-refractivity contribution >= 4 is 66.0 Å². The number of likely N-dealkylation sites (tertiary alicyclic amines) is 2. The van der Waals surface area contributed by atoms with Crippen LogP contribution in [-0.4, -0.2) is 61.5 Å². The number of carbonyl (C=O) groups is 1. The fraction of sp³-hybridized carbons (Fsp3) is 0.391. The van der Waals surface area contributed by atoms with E-state index in [9.17, 15) is 13.2 Å². The predicted molar refractivity (Wildman–Crippen MR) is 138 cm³/mol. The third kappa shape index (κ3) is 5.36. The lowest BCUT2D eigenvalue weighted by Crippen LogP contribution is -2.44. The molecule has 0 unspecified atom stereocenters. The number of aromatic nitrogens is 1. The molecule has 2 saturated heterocycles. The van der Waals surface area contributed by atoms with Crippen LogP contribution in [0.1, 0.15) is 25.7 Å². The van der Waals surface area contributed by atoms with Crippen LogP contribution < -0.4 is 9.50 Å². The Morgan fingerprint density at radius 1 is 1.11 bits per heavy atom. The van der Waals surface area contributed by atoms with Crippen molar-refractivity contribution in [3.63, 3.8) is 0 Å². The molecule has 0 saturated carbocycles. The number of amides is 2. The van der Waals surface area contributed by atoms with Gasteiger partial charge in [-0.25, -0.2) is 9.78 Å². The van der Waals surface area contributed by atoms with Gasteiger partial charge in [0, 0.05) is 25.2 Å².